The third kappa shape index (κ3) is 2.31. The summed E-state index contributed by atoms with van der Waals surface area (Å²) in [4.78, 5) is 0. The van der Waals surface area contributed by atoms with E-state index in [9.17, 15) is 0 Å². The van der Waals surface area contributed by atoms with Gasteiger partial charge in [-0.2, -0.15) is 0 Å². The van der Waals surface area contributed by atoms with E-state index in [2.05, 4.69) is 10.3 Å². The van der Waals surface area contributed by atoms with Gasteiger partial charge in [-0.15, -0.1) is 5.10 Å². The molecule has 0 saturated heterocycles. The first kappa shape index (κ1) is 12.8. The number of nitrogens with zero attached hydrogens (tertiary/aromatic N) is 3. The Balaban J connectivity index is 2.04. The predicted octanol–water partition coefficient (Wildman–Crippen LogP) is 2.97. The summed E-state index contributed by atoms with van der Waals surface area (Å²) < 4.78 is 1.73. The minimum Gasteiger partial charge on any atom is -0.319 e. The zero-order valence-corrected chi connectivity index (χ0v) is 11.4. The van der Waals surface area contributed by atoms with E-state index in [1.165, 1.54) is 0 Å². The Morgan fingerprint density at radius 3 is 2.45 bits per heavy atom. The SMILES string of the molecule is NC(c1ccccc1Cl)c1cnnn1-c1ccccc1. The van der Waals surface area contributed by atoms with Gasteiger partial charge >= 0.3 is 0 Å². The molecule has 0 aliphatic rings. The molecule has 0 aliphatic heterocycles. The Morgan fingerprint density at radius 1 is 1.00 bits per heavy atom. The molecule has 0 radical (unpaired) electrons. The van der Waals surface area contributed by atoms with Crippen LogP contribution < -0.4 is 5.73 Å². The maximum atomic E-state index is 6.31. The molecule has 3 rings (SSSR count). The third-order valence-electron chi connectivity index (χ3n) is 3.14. The fraction of sp³-hybridized carbons (Fsp3) is 0.0667. The number of hydrogen-bond acceptors (Lipinski definition) is 3. The number of nitrogens with two attached hydrogens (primary N) is 1. The van der Waals surface area contributed by atoms with E-state index in [0.717, 1.165) is 16.9 Å². The van der Waals surface area contributed by atoms with Crippen molar-refractivity contribution in [3.63, 3.8) is 0 Å². The molecule has 1 heterocycles. The number of benzene rings is 2. The number of hydrogen-bond donors (Lipinski definition) is 1. The van der Waals surface area contributed by atoms with Gasteiger partial charge < -0.3 is 5.73 Å². The van der Waals surface area contributed by atoms with E-state index in [4.69, 9.17) is 17.3 Å². The smallest absolute Gasteiger partial charge is 0.0858 e. The predicted molar refractivity (Wildman–Crippen MR) is 78.8 cm³/mol. The van der Waals surface area contributed by atoms with Crippen molar-refractivity contribution in [3.8, 4) is 5.69 Å². The summed E-state index contributed by atoms with van der Waals surface area (Å²) in [5.41, 5.74) is 8.88. The van der Waals surface area contributed by atoms with Crippen LogP contribution in [0.3, 0.4) is 0 Å². The van der Waals surface area contributed by atoms with Gasteiger partial charge in [0.1, 0.15) is 0 Å². The average molecular weight is 285 g/mol. The first-order valence-electron chi connectivity index (χ1n) is 6.23. The van der Waals surface area contributed by atoms with E-state index < -0.39 is 0 Å². The van der Waals surface area contributed by atoms with Crippen molar-refractivity contribution in [1.82, 2.24) is 15.0 Å². The molecule has 1 aromatic heterocycles. The fourth-order valence-corrected chi connectivity index (χ4v) is 2.36. The Hall–Kier alpha value is -2.17. The molecule has 0 spiro atoms. The maximum absolute atomic E-state index is 6.31. The summed E-state index contributed by atoms with van der Waals surface area (Å²) in [6.45, 7) is 0. The topological polar surface area (TPSA) is 56.7 Å². The lowest BCUT2D eigenvalue weighted by Crippen LogP contribution is -2.17. The lowest BCUT2D eigenvalue weighted by molar-refractivity contribution is 0.720. The molecule has 2 N–H and O–H groups in total. The van der Waals surface area contributed by atoms with Gasteiger partial charge in [0.25, 0.3) is 0 Å². The van der Waals surface area contributed by atoms with Crippen LogP contribution in [-0.2, 0) is 0 Å². The van der Waals surface area contributed by atoms with Gasteiger partial charge in [0.2, 0.25) is 0 Å². The van der Waals surface area contributed by atoms with Crippen LogP contribution in [-0.4, -0.2) is 15.0 Å². The lowest BCUT2D eigenvalue weighted by atomic mass is 10.0. The van der Waals surface area contributed by atoms with Crippen LogP contribution in [0, 0.1) is 0 Å². The van der Waals surface area contributed by atoms with Crippen LogP contribution in [0.4, 0.5) is 0 Å². The first-order valence-corrected chi connectivity index (χ1v) is 6.61. The number of rotatable bonds is 3. The van der Waals surface area contributed by atoms with Crippen LogP contribution in [0.1, 0.15) is 17.3 Å². The molecular formula is C15H13ClN4. The van der Waals surface area contributed by atoms with Crippen LogP contribution in [0.25, 0.3) is 5.69 Å². The highest BCUT2D eigenvalue weighted by Gasteiger charge is 2.18. The molecule has 0 saturated carbocycles. The first-order chi connectivity index (χ1) is 9.77. The molecule has 100 valence electrons. The third-order valence-corrected chi connectivity index (χ3v) is 3.48. The summed E-state index contributed by atoms with van der Waals surface area (Å²) in [6.07, 6.45) is 1.67. The molecule has 20 heavy (non-hydrogen) atoms. The van der Waals surface area contributed by atoms with E-state index >= 15 is 0 Å². The zero-order chi connectivity index (χ0) is 13.9. The summed E-state index contributed by atoms with van der Waals surface area (Å²) in [5.74, 6) is 0. The van der Waals surface area contributed by atoms with Gasteiger partial charge in [0, 0.05) is 5.02 Å². The average Bonchev–Trinajstić information content (AvgIpc) is 2.97. The highest BCUT2D eigenvalue weighted by Crippen LogP contribution is 2.26. The number of para-hydroxylation sites is 1. The van der Waals surface area contributed by atoms with Gasteiger partial charge in [-0.3, -0.25) is 0 Å². The Kier molecular flexibility index (Phi) is 3.50. The molecular weight excluding hydrogens is 272 g/mol. The summed E-state index contributed by atoms with van der Waals surface area (Å²) in [6, 6.07) is 16.9. The molecule has 0 aliphatic carbocycles. The molecule has 1 atom stereocenters. The van der Waals surface area contributed by atoms with E-state index in [0.29, 0.717) is 5.02 Å². The second kappa shape index (κ2) is 5.45. The minimum atomic E-state index is -0.376. The Morgan fingerprint density at radius 2 is 1.70 bits per heavy atom. The highest BCUT2D eigenvalue weighted by atomic mass is 35.5. The molecule has 4 nitrogen and oxygen atoms in total. The molecule has 0 fully saturated rings. The molecule has 1 unspecified atom stereocenters. The second-order valence-electron chi connectivity index (χ2n) is 4.41. The lowest BCUT2D eigenvalue weighted by Gasteiger charge is -2.14. The van der Waals surface area contributed by atoms with Gasteiger partial charge in [0.05, 0.1) is 23.6 Å². The van der Waals surface area contributed by atoms with Gasteiger partial charge in [0.15, 0.2) is 0 Å². The number of halogens is 1. The molecule has 0 bridgehead atoms. The van der Waals surface area contributed by atoms with Crippen molar-refractivity contribution >= 4 is 11.6 Å². The van der Waals surface area contributed by atoms with E-state index in [1.54, 1.807) is 10.9 Å². The van der Waals surface area contributed by atoms with Gasteiger partial charge in [-0.25, -0.2) is 4.68 Å². The quantitative estimate of drug-likeness (QED) is 0.804. The standard InChI is InChI=1S/C15H13ClN4/c16-13-9-5-4-8-12(13)15(17)14-10-18-19-20(14)11-6-2-1-3-7-11/h1-10,15H,17H2. The largest absolute Gasteiger partial charge is 0.319 e. The number of aromatic nitrogens is 3. The normalized spacial score (nSPS) is 12.3. The van der Waals surface area contributed by atoms with Crippen molar-refractivity contribution in [1.29, 1.82) is 0 Å². The molecule has 3 aromatic rings. The van der Waals surface area contributed by atoms with Crippen molar-refractivity contribution in [2.24, 2.45) is 5.73 Å². The molecule has 0 amide bonds. The highest BCUT2D eigenvalue weighted by molar-refractivity contribution is 6.31. The van der Waals surface area contributed by atoms with E-state index in [-0.39, 0.29) is 6.04 Å². The Bertz CT molecular complexity index is 709. The van der Waals surface area contributed by atoms with Crippen molar-refractivity contribution in [2.45, 2.75) is 6.04 Å². The summed E-state index contributed by atoms with van der Waals surface area (Å²) >= 11 is 6.20. The van der Waals surface area contributed by atoms with E-state index in [1.807, 2.05) is 54.6 Å². The van der Waals surface area contributed by atoms with Crippen LogP contribution in [0.2, 0.25) is 5.02 Å². The van der Waals surface area contributed by atoms with Crippen molar-refractivity contribution in [3.05, 3.63) is 77.1 Å². The maximum Gasteiger partial charge on any atom is 0.0858 e. The molecule has 5 heteroatoms. The molecule has 2 aromatic carbocycles. The van der Waals surface area contributed by atoms with Crippen LogP contribution >= 0.6 is 11.6 Å². The van der Waals surface area contributed by atoms with Gasteiger partial charge in [-0.05, 0) is 23.8 Å². The van der Waals surface area contributed by atoms with Crippen LogP contribution in [0.5, 0.6) is 0 Å². The Labute approximate surface area is 121 Å². The zero-order valence-electron chi connectivity index (χ0n) is 10.6. The summed E-state index contributed by atoms with van der Waals surface area (Å²) in [5, 5.41) is 8.71. The fourth-order valence-electron chi connectivity index (χ4n) is 2.11. The van der Waals surface area contributed by atoms with Gasteiger partial charge in [-0.1, -0.05) is 53.2 Å². The van der Waals surface area contributed by atoms with Crippen molar-refractivity contribution < 1.29 is 0 Å². The van der Waals surface area contributed by atoms with Crippen molar-refractivity contribution in [2.75, 3.05) is 0 Å². The minimum absolute atomic E-state index is 0.376. The van der Waals surface area contributed by atoms with Crippen LogP contribution in [0.15, 0.2) is 60.8 Å². The monoisotopic (exact) mass is 284 g/mol. The summed E-state index contributed by atoms with van der Waals surface area (Å²) in [7, 11) is 0. The second-order valence-corrected chi connectivity index (χ2v) is 4.81.